The molecule has 1 saturated heterocycles. The number of rotatable bonds is 9. The zero-order valence-electron chi connectivity index (χ0n) is 26.1. The summed E-state index contributed by atoms with van der Waals surface area (Å²) in [6, 6.07) is 9.70. The number of likely N-dealkylation sites (tertiary alicyclic amines) is 1. The maximum absolute atomic E-state index is 15.4. The zero-order valence-corrected chi connectivity index (χ0v) is 26.1. The predicted molar refractivity (Wildman–Crippen MR) is 176 cm³/mol. The first-order valence-corrected chi connectivity index (χ1v) is 15.1. The first-order valence-electron chi connectivity index (χ1n) is 15.1. The number of ether oxygens (including phenoxy) is 4. The third-order valence-electron chi connectivity index (χ3n) is 7.78. The summed E-state index contributed by atoms with van der Waals surface area (Å²) in [6.07, 6.45) is 12.8. The van der Waals surface area contributed by atoms with E-state index < -0.39 is 5.82 Å². The van der Waals surface area contributed by atoms with Crippen LogP contribution >= 0.6 is 0 Å². The molecule has 0 bridgehead atoms. The van der Waals surface area contributed by atoms with Gasteiger partial charge in [0.05, 0.1) is 37.3 Å². The Labute approximate surface area is 270 Å². The van der Waals surface area contributed by atoms with Crippen LogP contribution in [0.25, 0.3) is 16.6 Å². The smallest absolute Gasteiger partial charge is 0.245 e. The number of hydrogen-bond acceptors (Lipinski definition) is 10. The van der Waals surface area contributed by atoms with Crippen molar-refractivity contribution in [1.82, 2.24) is 24.6 Å². The molecular weight excluding hydrogens is 605 g/mol. The van der Waals surface area contributed by atoms with Gasteiger partial charge < -0.3 is 29.2 Å². The van der Waals surface area contributed by atoms with Gasteiger partial charge in [0, 0.05) is 62.1 Å². The molecule has 0 radical (unpaired) electrons. The molecule has 4 heterocycles. The van der Waals surface area contributed by atoms with Crippen LogP contribution in [0.3, 0.4) is 0 Å². The number of aliphatic imine (C=N–C) groups is 1. The number of hydrogen-bond donors (Lipinski definition) is 1. The number of nitrogens with one attached hydrogen (secondary N) is 1. The fourth-order valence-corrected chi connectivity index (χ4v) is 5.28. The number of methoxy groups -OCH3 is 2. The number of allylic oxidation sites excluding steroid dienone is 3. The van der Waals surface area contributed by atoms with Gasteiger partial charge in [-0.1, -0.05) is 12.7 Å². The van der Waals surface area contributed by atoms with Gasteiger partial charge in [-0.2, -0.15) is 0 Å². The lowest BCUT2D eigenvalue weighted by atomic mass is 10.1. The van der Waals surface area contributed by atoms with Gasteiger partial charge in [-0.25, -0.2) is 24.0 Å². The summed E-state index contributed by atoms with van der Waals surface area (Å²) in [4.78, 5) is 26.8. The minimum absolute atomic E-state index is 0.0876. The number of nitrogens with zero attached hydrogens (tertiary/aromatic N) is 6. The Morgan fingerprint density at radius 2 is 1.94 bits per heavy atom. The zero-order chi connectivity index (χ0) is 32.8. The molecule has 242 valence electrons. The van der Waals surface area contributed by atoms with Gasteiger partial charge in [-0.05, 0) is 36.8 Å². The van der Waals surface area contributed by atoms with Crippen molar-refractivity contribution < 1.29 is 28.1 Å². The van der Waals surface area contributed by atoms with E-state index in [0.717, 1.165) is 18.5 Å². The monoisotopic (exact) mass is 639 g/mol. The number of benzene rings is 2. The van der Waals surface area contributed by atoms with Gasteiger partial charge in [0.1, 0.15) is 29.8 Å². The molecule has 2 aromatic carbocycles. The van der Waals surface area contributed by atoms with Crippen LogP contribution in [0.1, 0.15) is 25.7 Å². The summed E-state index contributed by atoms with van der Waals surface area (Å²) in [7, 11) is 3.15. The Morgan fingerprint density at radius 1 is 1.09 bits per heavy atom. The quantitative estimate of drug-likeness (QED) is 0.211. The van der Waals surface area contributed by atoms with Gasteiger partial charge in [0.2, 0.25) is 11.8 Å². The number of piperidine rings is 1. The molecule has 2 aromatic heterocycles. The first-order chi connectivity index (χ1) is 22.9. The normalized spacial score (nSPS) is 15.3. The molecule has 0 atom stereocenters. The molecule has 1 amide bonds. The Kier molecular flexibility index (Phi) is 9.41. The molecule has 1 N–H and O–H groups in total. The highest BCUT2D eigenvalue weighted by Gasteiger charge is 2.24. The first kappa shape index (κ1) is 31.3. The summed E-state index contributed by atoms with van der Waals surface area (Å²) in [5, 5.41) is 8.15. The van der Waals surface area contributed by atoms with Crippen LogP contribution in [-0.4, -0.2) is 69.9 Å². The minimum atomic E-state index is -0.549. The number of fused-ring (bicyclic) bond motifs is 1. The molecular formula is C34H34FN7O5. The Bertz CT molecular complexity index is 1880. The molecule has 4 aromatic rings. The van der Waals surface area contributed by atoms with E-state index in [1.807, 2.05) is 12.2 Å². The number of anilines is 2. The van der Waals surface area contributed by atoms with E-state index in [2.05, 4.69) is 32.0 Å². The third kappa shape index (κ3) is 7.24. The van der Waals surface area contributed by atoms with Crippen LogP contribution in [0.15, 0.2) is 84.9 Å². The van der Waals surface area contributed by atoms with Crippen LogP contribution in [0.4, 0.5) is 15.9 Å². The Morgan fingerprint density at radius 3 is 2.70 bits per heavy atom. The van der Waals surface area contributed by atoms with E-state index in [4.69, 9.17) is 18.9 Å². The van der Waals surface area contributed by atoms with E-state index in [1.165, 1.54) is 18.5 Å². The maximum Gasteiger partial charge on any atom is 0.245 e. The molecule has 12 nitrogen and oxygen atoms in total. The molecule has 0 spiro atoms. The summed E-state index contributed by atoms with van der Waals surface area (Å²) >= 11 is 0. The topological polar surface area (TPSA) is 125 Å². The van der Waals surface area contributed by atoms with Gasteiger partial charge in [0.15, 0.2) is 17.4 Å². The SMILES string of the molecule is C=CC(=O)N1CCC(Oc2cc3c(Nc4ccc(Oc5ccn(C6=CN=C(OC)CCC=C6)n5)cc4F)ncnc3cc2OC)CC1. The van der Waals surface area contributed by atoms with Crippen LogP contribution in [0, 0.1) is 5.82 Å². The lowest BCUT2D eigenvalue weighted by Crippen LogP contribution is -2.41. The number of halogens is 1. The van der Waals surface area contributed by atoms with Gasteiger partial charge in [0.25, 0.3) is 0 Å². The molecule has 0 saturated carbocycles. The molecule has 47 heavy (non-hydrogen) atoms. The molecule has 2 aliphatic rings. The van der Waals surface area contributed by atoms with E-state index in [-0.39, 0.29) is 23.4 Å². The molecule has 6 rings (SSSR count). The Balaban J connectivity index is 1.17. The Hall–Kier alpha value is -5.72. The highest BCUT2D eigenvalue weighted by molar-refractivity contribution is 5.93. The average molecular weight is 640 g/mol. The second-order valence-electron chi connectivity index (χ2n) is 10.8. The van der Waals surface area contributed by atoms with Crippen molar-refractivity contribution in [3.63, 3.8) is 0 Å². The average Bonchev–Trinajstić information content (AvgIpc) is 3.54. The summed E-state index contributed by atoms with van der Waals surface area (Å²) in [6.45, 7) is 4.71. The van der Waals surface area contributed by atoms with Crippen LogP contribution in [-0.2, 0) is 9.53 Å². The highest BCUT2D eigenvalue weighted by Crippen LogP contribution is 2.37. The molecule has 2 aliphatic heterocycles. The van der Waals surface area contributed by atoms with Gasteiger partial charge in [-0.3, -0.25) is 4.79 Å². The fraction of sp³-hybridized carbons (Fsp3) is 0.265. The number of carbonyl (C=O) groups excluding carboxylic acids is 1. The van der Waals surface area contributed by atoms with Crippen molar-refractivity contribution in [2.24, 2.45) is 4.99 Å². The second kappa shape index (κ2) is 14.1. The molecule has 13 heteroatoms. The van der Waals surface area contributed by atoms with E-state index in [9.17, 15) is 4.79 Å². The number of carbonyl (C=O) groups is 1. The van der Waals surface area contributed by atoms with Crippen molar-refractivity contribution in [3.8, 4) is 23.1 Å². The fourth-order valence-electron chi connectivity index (χ4n) is 5.28. The third-order valence-corrected chi connectivity index (χ3v) is 7.78. The van der Waals surface area contributed by atoms with E-state index >= 15 is 4.39 Å². The van der Waals surface area contributed by atoms with Gasteiger partial charge >= 0.3 is 0 Å². The maximum atomic E-state index is 15.4. The van der Waals surface area contributed by atoms with E-state index in [0.29, 0.717) is 65.9 Å². The van der Waals surface area contributed by atoms with Crippen molar-refractivity contribution >= 4 is 39.9 Å². The van der Waals surface area contributed by atoms with Crippen LogP contribution < -0.4 is 19.5 Å². The predicted octanol–water partition coefficient (Wildman–Crippen LogP) is 6.26. The van der Waals surface area contributed by atoms with Crippen LogP contribution in [0.2, 0.25) is 0 Å². The largest absolute Gasteiger partial charge is 0.493 e. The second-order valence-corrected chi connectivity index (χ2v) is 10.8. The molecule has 0 aliphatic carbocycles. The lowest BCUT2D eigenvalue weighted by Gasteiger charge is -2.31. The van der Waals surface area contributed by atoms with Crippen molar-refractivity contribution in [2.45, 2.75) is 31.8 Å². The summed E-state index contributed by atoms with van der Waals surface area (Å²) < 4.78 is 40.0. The van der Waals surface area contributed by atoms with E-state index in [1.54, 1.807) is 66.5 Å². The van der Waals surface area contributed by atoms with Crippen molar-refractivity contribution in [1.29, 1.82) is 0 Å². The molecule has 1 fully saturated rings. The lowest BCUT2D eigenvalue weighted by molar-refractivity contribution is -0.127. The number of amides is 1. The standard InChI is InChI=1S/C34H34FN7O5/c1-4-33(43)41-14-11-23(12-15-41)46-30-18-25-28(19-29(30)44-2)37-21-38-34(25)39-27-10-9-24(17-26(27)35)47-32-13-16-42(40-32)22-7-5-6-8-31(45-3)36-20-22/h4-5,7,9-10,13,16-21,23H,1,6,8,11-12,14-15H2,2-3H3,(H,37,38,39). The van der Waals surface area contributed by atoms with Crippen LogP contribution in [0.5, 0.6) is 23.1 Å². The number of aromatic nitrogens is 4. The minimum Gasteiger partial charge on any atom is -0.493 e. The van der Waals surface area contributed by atoms with Crippen molar-refractivity contribution in [3.05, 3.63) is 85.7 Å². The molecule has 0 unspecified atom stereocenters. The van der Waals surface area contributed by atoms with Gasteiger partial charge in [-0.15, -0.1) is 5.10 Å². The van der Waals surface area contributed by atoms with Crippen molar-refractivity contribution in [2.75, 3.05) is 32.6 Å². The summed E-state index contributed by atoms with van der Waals surface area (Å²) in [5.41, 5.74) is 1.51. The summed E-state index contributed by atoms with van der Waals surface area (Å²) in [5.74, 6) is 1.97. The highest BCUT2D eigenvalue weighted by atomic mass is 19.1.